The number of aliphatic hydroxyl groups excluding tert-OH is 1. The molecule has 0 bridgehead atoms. The first-order chi connectivity index (χ1) is 16.8. The van der Waals surface area contributed by atoms with Gasteiger partial charge in [-0.3, -0.25) is 4.79 Å². The van der Waals surface area contributed by atoms with Gasteiger partial charge in [-0.15, -0.1) is 0 Å². The Bertz CT molecular complexity index is 1120. The van der Waals surface area contributed by atoms with Gasteiger partial charge < -0.3 is 25.8 Å². The number of para-hydroxylation sites is 1. The molecule has 12 heteroatoms. The highest BCUT2D eigenvalue weighted by atomic mass is 35.5. The van der Waals surface area contributed by atoms with Gasteiger partial charge >= 0.3 is 0 Å². The third kappa shape index (κ3) is 7.58. The quantitative estimate of drug-likeness (QED) is 0.261. The number of nitrogens with one attached hydrogen (secondary N) is 2. The summed E-state index contributed by atoms with van der Waals surface area (Å²) in [6, 6.07) is 7.25. The molecule has 0 aliphatic rings. The Hall–Kier alpha value is -2.83. The number of amides is 1. The highest BCUT2D eigenvalue weighted by molar-refractivity contribution is 7.17. The van der Waals surface area contributed by atoms with Gasteiger partial charge in [-0.05, 0) is 31.9 Å². The van der Waals surface area contributed by atoms with Crippen molar-refractivity contribution in [1.29, 1.82) is 0 Å². The number of rotatable bonds is 12. The molecule has 0 atom stereocenters. The summed E-state index contributed by atoms with van der Waals surface area (Å²) in [4.78, 5) is 28.5. The van der Waals surface area contributed by atoms with Crippen LogP contribution in [0.4, 0.5) is 22.5 Å². The fourth-order valence-electron chi connectivity index (χ4n) is 3.36. The van der Waals surface area contributed by atoms with Crippen molar-refractivity contribution in [2.75, 3.05) is 48.3 Å². The lowest BCUT2D eigenvalue weighted by molar-refractivity contribution is -0.0957. The second-order valence-corrected chi connectivity index (χ2v) is 9.30. The van der Waals surface area contributed by atoms with Crippen LogP contribution >= 0.6 is 22.9 Å². The summed E-state index contributed by atoms with van der Waals surface area (Å²) in [7, 11) is 0. The van der Waals surface area contributed by atoms with Crippen LogP contribution in [0.2, 0.25) is 5.02 Å². The van der Waals surface area contributed by atoms with Gasteiger partial charge in [-0.25, -0.2) is 15.0 Å². The lowest BCUT2D eigenvalue weighted by Gasteiger charge is -2.25. The van der Waals surface area contributed by atoms with E-state index in [1.54, 1.807) is 13.0 Å². The molecule has 2 heterocycles. The number of carbonyl (C=O) groups is 1. The minimum atomic E-state index is -0.295. The molecule has 3 rings (SSSR count). The van der Waals surface area contributed by atoms with Crippen molar-refractivity contribution in [2.45, 2.75) is 27.2 Å². The molecule has 0 saturated heterocycles. The number of nitrogens with zero attached hydrogens (tertiary/aromatic N) is 5. The fourth-order valence-corrected chi connectivity index (χ4v) is 4.35. The minimum Gasteiger partial charge on any atom is -0.395 e. The van der Waals surface area contributed by atoms with E-state index in [0.717, 1.165) is 23.6 Å². The normalized spacial score (nSPS) is 11.1. The highest BCUT2D eigenvalue weighted by Crippen LogP contribution is 2.28. The molecule has 4 N–H and O–H groups in total. The van der Waals surface area contributed by atoms with E-state index in [9.17, 15) is 10.0 Å². The van der Waals surface area contributed by atoms with Crippen molar-refractivity contribution in [3.63, 3.8) is 0 Å². The molecule has 188 valence electrons. The van der Waals surface area contributed by atoms with Gasteiger partial charge in [-0.2, -0.15) is 5.06 Å². The van der Waals surface area contributed by atoms with Crippen molar-refractivity contribution in [1.82, 2.24) is 20.0 Å². The maximum Gasteiger partial charge on any atom is 0.267 e. The lowest BCUT2D eigenvalue weighted by Crippen LogP contribution is -2.36. The molecular weight excluding hydrogens is 490 g/mol. The van der Waals surface area contributed by atoms with E-state index in [1.165, 1.54) is 17.5 Å². The number of thiazole rings is 1. The summed E-state index contributed by atoms with van der Waals surface area (Å²) in [6.07, 6.45) is 2.40. The Morgan fingerprint density at radius 1 is 1.17 bits per heavy atom. The van der Waals surface area contributed by atoms with Crippen LogP contribution in [-0.4, -0.2) is 69.0 Å². The zero-order valence-electron chi connectivity index (χ0n) is 20.0. The summed E-state index contributed by atoms with van der Waals surface area (Å²) in [5, 5.41) is 26.9. The summed E-state index contributed by atoms with van der Waals surface area (Å²) in [5.41, 5.74) is 1.45. The molecule has 0 aliphatic carbocycles. The van der Waals surface area contributed by atoms with Crippen molar-refractivity contribution in [3.8, 4) is 0 Å². The number of benzene rings is 1. The molecule has 1 aromatic carbocycles. The largest absolute Gasteiger partial charge is 0.395 e. The molecule has 1 amide bonds. The molecule has 35 heavy (non-hydrogen) atoms. The van der Waals surface area contributed by atoms with E-state index in [1.807, 2.05) is 30.0 Å². The monoisotopic (exact) mass is 519 g/mol. The van der Waals surface area contributed by atoms with Gasteiger partial charge in [-0.1, -0.05) is 42.0 Å². The van der Waals surface area contributed by atoms with E-state index in [-0.39, 0.29) is 19.1 Å². The van der Waals surface area contributed by atoms with Crippen molar-refractivity contribution < 1.29 is 15.1 Å². The molecule has 10 nitrogen and oxygen atoms in total. The molecule has 0 radical (unpaired) electrons. The number of halogens is 1. The topological polar surface area (TPSA) is 127 Å². The predicted octanol–water partition coefficient (Wildman–Crippen LogP) is 4.10. The Morgan fingerprint density at radius 2 is 1.97 bits per heavy atom. The second kappa shape index (κ2) is 12.8. The Kier molecular flexibility index (Phi) is 9.75. The number of aliphatic hydroxyl groups is 1. The summed E-state index contributed by atoms with van der Waals surface area (Å²) in [6.45, 7) is 7.45. The minimum absolute atomic E-state index is 0.114. The number of hydrogen-bond acceptors (Lipinski definition) is 10. The van der Waals surface area contributed by atoms with Crippen LogP contribution in [0.15, 0.2) is 30.5 Å². The Labute approximate surface area is 213 Å². The first kappa shape index (κ1) is 26.8. The van der Waals surface area contributed by atoms with Crippen LogP contribution in [0, 0.1) is 13.8 Å². The summed E-state index contributed by atoms with van der Waals surface area (Å²) < 4.78 is 0. The van der Waals surface area contributed by atoms with E-state index >= 15 is 0 Å². The van der Waals surface area contributed by atoms with Crippen LogP contribution in [0.25, 0.3) is 0 Å². The average Bonchev–Trinajstić information content (AvgIpc) is 3.27. The number of anilines is 4. The van der Waals surface area contributed by atoms with Gasteiger partial charge in [0.25, 0.3) is 5.91 Å². The summed E-state index contributed by atoms with van der Waals surface area (Å²) in [5.74, 6) is 1.54. The highest BCUT2D eigenvalue weighted by Gasteiger charge is 2.16. The molecule has 0 fully saturated rings. The van der Waals surface area contributed by atoms with Gasteiger partial charge in [0.05, 0.1) is 23.5 Å². The van der Waals surface area contributed by atoms with Crippen molar-refractivity contribution in [2.24, 2.45) is 0 Å². The zero-order valence-corrected chi connectivity index (χ0v) is 21.5. The van der Waals surface area contributed by atoms with Crippen LogP contribution in [-0.2, 0) is 0 Å². The van der Waals surface area contributed by atoms with Crippen LogP contribution in [0.3, 0.4) is 0 Å². The Balaban J connectivity index is 1.72. The number of hydrogen-bond donors (Lipinski definition) is 4. The van der Waals surface area contributed by atoms with Crippen molar-refractivity contribution in [3.05, 3.63) is 51.7 Å². The maximum absolute atomic E-state index is 12.7. The molecule has 0 unspecified atom stereocenters. The number of aromatic nitrogens is 3. The summed E-state index contributed by atoms with van der Waals surface area (Å²) >= 11 is 7.42. The zero-order chi connectivity index (χ0) is 25.4. The first-order valence-corrected chi connectivity index (χ1v) is 12.4. The smallest absolute Gasteiger partial charge is 0.267 e. The molecule has 3 aromatic rings. The number of carbonyl (C=O) groups excluding carboxylic acids is 1. The molecule has 0 saturated carbocycles. The van der Waals surface area contributed by atoms with Gasteiger partial charge in [0.2, 0.25) is 0 Å². The maximum atomic E-state index is 12.7. The van der Waals surface area contributed by atoms with Crippen LogP contribution in [0.1, 0.15) is 34.4 Å². The third-order valence-electron chi connectivity index (χ3n) is 5.05. The second-order valence-electron chi connectivity index (χ2n) is 7.86. The standard InChI is InChI=1S/C23H30ClN7O3S/c1-4-8-30(9-10-31(34)11-12-32)20-13-19(26-16(3)27-20)28-23-25-14-18(35-23)22(33)29-21-15(2)6-5-7-17(21)24/h5-7,13-14,32,34H,4,8-12H2,1-3H3,(H,29,33)(H,25,26,27,28). The van der Waals surface area contributed by atoms with Gasteiger partial charge in [0.1, 0.15) is 22.3 Å². The third-order valence-corrected chi connectivity index (χ3v) is 6.28. The Morgan fingerprint density at radius 3 is 2.69 bits per heavy atom. The molecule has 0 spiro atoms. The van der Waals surface area contributed by atoms with E-state index in [4.69, 9.17) is 16.7 Å². The molecule has 2 aromatic heterocycles. The predicted molar refractivity (Wildman–Crippen MR) is 139 cm³/mol. The fraction of sp³-hybridized carbons (Fsp3) is 0.391. The number of aryl methyl sites for hydroxylation is 2. The lowest BCUT2D eigenvalue weighted by atomic mass is 10.2. The molecule has 0 aliphatic heterocycles. The number of hydroxylamine groups is 2. The van der Waals surface area contributed by atoms with Crippen LogP contribution in [0.5, 0.6) is 0 Å². The average molecular weight is 520 g/mol. The van der Waals surface area contributed by atoms with Gasteiger partial charge in [0.15, 0.2) is 5.13 Å². The first-order valence-electron chi connectivity index (χ1n) is 11.2. The van der Waals surface area contributed by atoms with Crippen molar-refractivity contribution >= 4 is 51.3 Å². The van der Waals surface area contributed by atoms with Crippen LogP contribution < -0.4 is 15.5 Å². The van der Waals surface area contributed by atoms with Gasteiger partial charge in [0, 0.05) is 32.2 Å². The van der Waals surface area contributed by atoms with E-state index in [2.05, 4.69) is 32.5 Å². The SMILES string of the molecule is CCCN(CCN(O)CCO)c1cc(Nc2ncc(C(=O)Nc3c(C)cccc3Cl)s2)nc(C)n1. The molecular formula is C23H30ClN7O3S. The van der Waals surface area contributed by atoms with E-state index < -0.39 is 0 Å². The van der Waals surface area contributed by atoms with E-state index in [0.29, 0.717) is 51.3 Å².